The molecule has 5 rings (SSSR count). The number of anilines is 1. The number of fused-ring (bicyclic) bond motifs is 7. The molecule has 158 valence electrons. The van der Waals surface area contributed by atoms with E-state index in [1.165, 1.54) is 12.1 Å². The van der Waals surface area contributed by atoms with Crippen LogP contribution in [0.3, 0.4) is 0 Å². The Balaban J connectivity index is 1.81. The molecule has 0 spiro atoms. The number of nitrogens with zero attached hydrogens (tertiary/aromatic N) is 5. The lowest BCUT2D eigenvalue weighted by atomic mass is 9.95. The number of aryl methyl sites for hydroxylation is 2. The molecule has 0 aliphatic carbocycles. The van der Waals surface area contributed by atoms with Crippen LogP contribution in [0.1, 0.15) is 42.5 Å². The maximum absolute atomic E-state index is 14.2. The van der Waals surface area contributed by atoms with Crippen molar-refractivity contribution in [1.29, 1.82) is 0 Å². The Hall–Kier alpha value is -3.75. The van der Waals surface area contributed by atoms with E-state index in [1.807, 2.05) is 27.1 Å². The molecule has 1 aliphatic rings. The SMILES string of the molecule is CCc1noc2c1-c1cnc(N)c(n1)O[C@H](C)c1cc(F)ccc1-c1nn(C)cc1C2. The third kappa shape index (κ3) is 3.22. The highest BCUT2D eigenvalue weighted by Crippen LogP contribution is 2.37. The first-order valence-corrected chi connectivity index (χ1v) is 10.0. The van der Waals surface area contributed by atoms with Crippen LogP contribution in [0.4, 0.5) is 10.2 Å². The molecule has 3 aromatic heterocycles. The van der Waals surface area contributed by atoms with Gasteiger partial charge in [-0.25, -0.2) is 14.4 Å². The monoisotopic (exact) mass is 420 g/mol. The Labute approximate surface area is 177 Å². The van der Waals surface area contributed by atoms with Crippen LogP contribution in [0, 0.1) is 5.82 Å². The molecule has 1 aromatic carbocycles. The van der Waals surface area contributed by atoms with Gasteiger partial charge in [0, 0.05) is 36.4 Å². The van der Waals surface area contributed by atoms with Gasteiger partial charge in [0.1, 0.15) is 11.9 Å². The Bertz CT molecular complexity index is 1300. The lowest BCUT2D eigenvalue weighted by molar-refractivity contribution is 0.218. The average Bonchev–Trinajstić information content (AvgIpc) is 3.32. The van der Waals surface area contributed by atoms with Gasteiger partial charge in [0.25, 0.3) is 5.88 Å². The first-order chi connectivity index (χ1) is 14.9. The molecule has 31 heavy (non-hydrogen) atoms. The summed E-state index contributed by atoms with van der Waals surface area (Å²) in [5, 5.41) is 8.90. The van der Waals surface area contributed by atoms with E-state index < -0.39 is 6.10 Å². The molecule has 0 saturated carbocycles. The molecule has 4 aromatic rings. The summed E-state index contributed by atoms with van der Waals surface area (Å²) in [4.78, 5) is 8.88. The summed E-state index contributed by atoms with van der Waals surface area (Å²) in [6.07, 6.45) is 4.08. The number of aromatic nitrogens is 5. The molecule has 8 nitrogen and oxygen atoms in total. The van der Waals surface area contributed by atoms with Gasteiger partial charge in [-0.05, 0) is 31.5 Å². The lowest BCUT2D eigenvalue weighted by Crippen LogP contribution is -2.11. The summed E-state index contributed by atoms with van der Waals surface area (Å²) < 4.78 is 27.7. The van der Waals surface area contributed by atoms with Crippen molar-refractivity contribution in [3.63, 3.8) is 0 Å². The van der Waals surface area contributed by atoms with Crippen LogP contribution in [-0.2, 0) is 19.9 Å². The zero-order valence-corrected chi connectivity index (χ0v) is 17.4. The maximum Gasteiger partial charge on any atom is 0.258 e. The van der Waals surface area contributed by atoms with E-state index in [2.05, 4.69) is 20.2 Å². The van der Waals surface area contributed by atoms with Crippen LogP contribution >= 0.6 is 0 Å². The van der Waals surface area contributed by atoms with Crippen LogP contribution in [0.5, 0.6) is 5.88 Å². The van der Waals surface area contributed by atoms with Crippen LogP contribution in [0.2, 0.25) is 0 Å². The molecule has 0 radical (unpaired) electrons. The number of nitrogen functional groups attached to an aromatic ring is 1. The van der Waals surface area contributed by atoms with Gasteiger partial charge in [-0.15, -0.1) is 0 Å². The number of nitrogens with two attached hydrogens (primary N) is 1. The number of rotatable bonds is 1. The van der Waals surface area contributed by atoms with E-state index in [0.29, 0.717) is 29.9 Å². The normalized spacial score (nSPS) is 15.2. The van der Waals surface area contributed by atoms with Crippen LogP contribution in [0.15, 0.2) is 35.1 Å². The number of hydrogen-bond acceptors (Lipinski definition) is 7. The number of ether oxygens (including phenoxy) is 1. The summed E-state index contributed by atoms with van der Waals surface area (Å²) in [6, 6.07) is 4.58. The van der Waals surface area contributed by atoms with Crippen molar-refractivity contribution in [2.45, 2.75) is 32.8 Å². The molecule has 1 atom stereocenters. The fourth-order valence-electron chi connectivity index (χ4n) is 3.99. The van der Waals surface area contributed by atoms with Gasteiger partial charge >= 0.3 is 0 Å². The highest BCUT2D eigenvalue weighted by Gasteiger charge is 2.26. The lowest BCUT2D eigenvalue weighted by Gasteiger charge is -2.19. The van der Waals surface area contributed by atoms with Gasteiger partial charge in [0.15, 0.2) is 11.6 Å². The molecule has 9 heteroatoms. The van der Waals surface area contributed by atoms with Gasteiger partial charge in [-0.3, -0.25) is 4.68 Å². The second kappa shape index (κ2) is 7.19. The minimum Gasteiger partial charge on any atom is -0.467 e. The highest BCUT2D eigenvalue weighted by atomic mass is 19.1. The van der Waals surface area contributed by atoms with Gasteiger partial charge in [-0.1, -0.05) is 12.1 Å². The predicted octanol–water partition coefficient (Wildman–Crippen LogP) is 3.86. The predicted molar refractivity (Wildman–Crippen MR) is 112 cm³/mol. The van der Waals surface area contributed by atoms with Crippen molar-refractivity contribution in [3.05, 3.63) is 59.0 Å². The summed E-state index contributed by atoms with van der Waals surface area (Å²) in [5.74, 6) is 0.613. The highest BCUT2D eigenvalue weighted by molar-refractivity contribution is 5.70. The summed E-state index contributed by atoms with van der Waals surface area (Å²) in [6.45, 7) is 3.82. The Morgan fingerprint density at radius 2 is 2.16 bits per heavy atom. The fourth-order valence-corrected chi connectivity index (χ4v) is 3.99. The van der Waals surface area contributed by atoms with E-state index in [1.54, 1.807) is 16.9 Å². The van der Waals surface area contributed by atoms with E-state index in [9.17, 15) is 4.39 Å². The van der Waals surface area contributed by atoms with Crippen molar-refractivity contribution >= 4 is 5.82 Å². The second-order valence-electron chi connectivity index (χ2n) is 7.57. The van der Waals surface area contributed by atoms with Gasteiger partial charge < -0.3 is 15.0 Å². The van der Waals surface area contributed by atoms with E-state index >= 15 is 0 Å². The van der Waals surface area contributed by atoms with Crippen LogP contribution < -0.4 is 10.5 Å². The molecule has 2 bridgehead atoms. The van der Waals surface area contributed by atoms with Crippen molar-refractivity contribution in [3.8, 4) is 28.4 Å². The van der Waals surface area contributed by atoms with Crippen molar-refractivity contribution < 1.29 is 13.7 Å². The molecular weight excluding hydrogens is 399 g/mol. The van der Waals surface area contributed by atoms with Crippen LogP contribution in [0.25, 0.3) is 22.5 Å². The average molecular weight is 420 g/mol. The van der Waals surface area contributed by atoms with Crippen molar-refractivity contribution in [2.24, 2.45) is 7.05 Å². The van der Waals surface area contributed by atoms with E-state index in [0.717, 1.165) is 28.1 Å². The molecule has 0 saturated heterocycles. The Morgan fingerprint density at radius 1 is 1.32 bits per heavy atom. The third-order valence-corrected chi connectivity index (χ3v) is 5.44. The molecule has 0 fully saturated rings. The largest absolute Gasteiger partial charge is 0.467 e. The molecule has 0 unspecified atom stereocenters. The molecular formula is C22H21FN6O2. The zero-order chi connectivity index (χ0) is 21.7. The fraction of sp³-hybridized carbons (Fsp3) is 0.273. The minimum absolute atomic E-state index is 0.153. The zero-order valence-electron chi connectivity index (χ0n) is 17.4. The van der Waals surface area contributed by atoms with E-state index in [-0.39, 0.29) is 17.5 Å². The maximum atomic E-state index is 14.2. The van der Waals surface area contributed by atoms with Gasteiger partial charge in [0.05, 0.1) is 28.8 Å². The van der Waals surface area contributed by atoms with E-state index in [4.69, 9.17) is 15.0 Å². The van der Waals surface area contributed by atoms with Crippen LogP contribution in [-0.4, -0.2) is 24.9 Å². The number of hydrogen-bond donors (Lipinski definition) is 1. The number of halogens is 1. The quantitative estimate of drug-likeness (QED) is 0.498. The Morgan fingerprint density at radius 3 is 2.97 bits per heavy atom. The standard InChI is InChI=1S/C22H21FN6O2/c1-4-16-19-17-9-25-21(24)22(26-17)30-11(2)15-8-13(23)5-6-14(15)20-12(10-29(3)27-20)7-18(19)31-28-16/h5-6,8-11H,4,7H2,1-3H3,(H2,24,25)/t11-/m1/s1. The molecule has 4 heterocycles. The Kier molecular flexibility index (Phi) is 4.46. The second-order valence-corrected chi connectivity index (χ2v) is 7.57. The first-order valence-electron chi connectivity index (χ1n) is 10.0. The summed E-state index contributed by atoms with van der Waals surface area (Å²) in [7, 11) is 1.85. The minimum atomic E-state index is -0.542. The van der Waals surface area contributed by atoms with Crippen molar-refractivity contribution in [2.75, 3.05) is 5.73 Å². The van der Waals surface area contributed by atoms with Gasteiger partial charge in [-0.2, -0.15) is 5.10 Å². The van der Waals surface area contributed by atoms with Crippen molar-refractivity contribution in [1.82, 2.24) is 24.9 Å². The smallest absolute Gasteiger partial charge is 0.258 e. The third-order valence-electron chi connectivity index (χ3n) is 5.44. The van der Waals surface area contributed by atoms with Gasteiger partial charge in [0.2, 0.25) is 0 Å². The summed E-state index contributed by atoms with van der Waals surface area (Å²) >= 11 is 0. The summed E-state index contributed by atoms with van der Waals surface area (Å²) in [5.41, 5.74) is 11.2. The molecule has 0 amide bonds. The molecule has 2 N–H and O–H groups in total. The number of benzene rings is 1. The molecule has 1 aliphatic heterocycles. The first kappa shape index (κ1) is 19.2. The topological polar surface area (TPSA) is 105 Å².